The van der Waals surface area contributed by atoms with Gasteiger partial charge in [-0.05, 0) is 61.4 Å². The molecule has 0 bridgehead atoms. The summed E-state index contributed by atoms with van der Waals surface area (Å²) in [6.45, 7) is 3.72. The largest absolute Gasteiger partial charge is 0.497 e. The van der Waals surface area contributed by atoms with E-state index < -0.39 is 24.5 Å². The molecule has 8 heteroatoms. The third kappa shape index (κ3) is 5.97. The van der Waals surface area contributed by atoms with Gasteiger partial charge in [-0.3, -0.25) is 4.79 Å². The smallest absolute Gasteiger partial charge is 0.341 e. The number of esters is 2. The average molecular weight is 458 g/mol. The fourth-order valence-corrected chi connectivity index (χ4v) is 4.90. The van der Waals surface area contributed by atoms with E-state index in [0.29, 0.717) is 22.2 Å². The molecule has 1 heterocycles. The Morgan fingerprint density at radius 2 is 1.94 bits per heavy atom. The molecular weight excluding hydrogens is 430 g/mol. The predicted octanol–water partition coefficient (Wildman–Crippen LogP) is 4.25. The lowest BCUT2D eigenvalue weighted by Crippen LogP contribution is -2.21. The number of anilines is 1. The molecule has 3 rings (SSSR count). The quantitative estimate of drug-likeness (QED) is 0.471. The van der Waals surface area contributed by atoms with Crippen LogP contribution < -0.4 is 10.1 Å². The summed E-state index contributed by atoms with van der Waals surface area (Å²) in [5.74, 6) is -0.338. The van der Waals surface area contributed by atoms with Crippen LogP contribution in [0.25, 0.3) is 6.08 Å². The number of rotatable bonds is 8. The van der Waals surface area contributed by atoms with E-state index in [1.165, 1.54) is 17.4 Å². The van der Waals surface area contributed by atoms with Crippen LogP contribution in [0.2, 0.25) is 0 Å². The topological polar surface area (TPSA) is 90.9 Å². The second-order valence-electron chi connectivity index (χ2n) is 7.54. The summed E-state index contributed by atoms with van der Waals surface area (Å²) in [5.41, 5.74) is 2.18. The molecule has 170 valence electrons. The Kier molecular flexibility index (Phi) is 8.05. The number of amides is 1. The Labute approximate surface area is 191 Å². The molecule has 1 aliphatic rings. The summed E-state index contributed by atoms with van der Waals surface area (Å²) >= 11 is 1.40. The van der Waals surface area contributed by atoms with Crippen molar-refractivity contribution in [3.8, 4) is 5.75 Å². The minimum atomic E-state index is -0.638. The SMILES string of the molecule is CCOC(=O)c1c(NC(=O)COC(=O)C=Cc2ccc(OC)cc2)sc2c1CCC(C)C2. The molecule has 1 aliphatic carbocycles. The first-order valence-electron chi connectivity index (χ1n) is 10.5. The molecule has 0 saturated heterocycles. The zero-order valence-electron chi connectivity index (χ0n) is 18.4. The number of benzene rings is 1. The van der Waals surface area contributed by atoms with Gasteiger partial charge in [0.25, 0.3) is 5.91 Å². The Morgan fingerprint density at radius 3 is 2.62 bits per heavy atom. The van der Waals surface area contributed by atoms with Crippen LogP contribution in [-0.4, -0.2) is 38.2 Å². The van der Waals surface area contributed by atoms with E-state index in [1.807, 2.05) is 0 Å². The molecule has 7 nitrogen and oxygen atoms in total. The van der Waals surface area contributed by atoms with Crippen molar-refractivity contribution >= 4 is 40.3 Å². The highest BCUT2D eigenvalue weighted by molar-refractivity contribution is 7.17. The number of hydrogen-bond acceptors (Lipinski definition) is 7. The normalized spacial score (nSPS) is 15.2. The maximum atomic E-state index is 12.5. The first-order valence-corrected chi connectivity index (χ1v) is 11.3. The van der Waals surface area contributed by atoms with Crippen molar-refractivity contribution in [1.82, 2.24) is 0 Å². The minimum absolute atomic E-state index is 0.255. The Hall–Kier alpha value is -3.13. The first-order chi connectivity index (χ1) is 15.4. The third-order valence-electron chi connectivity index (χ3n) is 5.12. The predicted molar refractivity (Wildman–Crippen MR) is 123 cm³/mol. The second kappa shape index (κ2) is 10.9. The Morgan fingerprint density at radius 1 is 1.19 bits per heavy atom. The lowest BCUT2D eigenvalue weighted by Gasteiger charge is -2.18. The van der Waals surface area contributed by atoms with Gasteiger partial charge in [0.2, 0.25) is 0 Å². The minimum Gasteiger partial charge on any atom is -0.497 e. The zero-order chi connectivity index (χ0) is 23.1. The van der Waals surface area contributed by atoms with E-state index >= 15 is 0 Å². The van der Waals surface area contributed by atoms with Crippen LogP contribution in [0.4, 0.5) is 5.00 Å². The number of thiophene rings is 1. The van der Waals surface area contributed by atoms with Crippen molar-refractivity contribution < 1.29 is 28.6 Å². The van der Waals surface area contributed by atoms with Gasteiger partial charge in [0.1, 0.15) is 10.8 Å². The molecule has 0 radical (unpaired) electrons. The molecule has 2 aromatic rings. The molecule has 0 saturated carbocycles. The fourth-order valence-electron chi connectivity index (χ4n) is 3.48. The molecule has 1 unspecified atom stereocenters. The second-order valence-corrected chi connectivity index (χ2v) is 8.64. The maximum Gasteiger partial charge on any atom is 0.341 e. The van der Waals surface area contributed by atoms with Crippen LogP contribution in [0.1, 0.15) is 46.6 Å². The van der Waals surface area contributed by atoms with Crippen molar-refractivity contribution in [2.45, 2.75) is 33.1 Å². The number of ether oxygens (including phenoxy) is 3. The lowest BCUT2D eigenvalue weighted by molar-refractivity contribution is -0.142. The van der Waals surface area contributed by atoms with Gasteiger partial charge < -0.3 is 19.5 Å². The number of hydrogen-bond donors (Lipinski definition) is 1. The summed E-state index contributed by atoms with van der Waals surface area (Å²) in [7, 11) is 1.58. The van der Waals surface area contributed by atoms with Gasteiger partial charge in [-0.25, -0.2) is 9.59 Å². The van der Waals surface area contributed by atoms with E-state index in [2.05, 4.69) is 12.2 Å². The van der Waals surface area contributed by atoms with Crippen LogP contribution in [0.15, 0.2) is 30.3 Å². The number of carbonyl (C=O) groups is 3. The first kappa shape index (κ1) is 23.5. The van der Waals surface area contributed by atoms with Crippen LogP contribution in [0, 0.1) is 5.92 Å². The number of nitrogens with one attached hydrogen (secondary N) is 1. The van der Waals surface area contributed by atoms with Gasteiger partial charge in [0.15, 0.2) is 6.61 Å². The van der Waals surface area contributed by atoms with Crippen LogP contribution in [0.5, 0.6) is 5.75 Å². The van der Waals surface area contributed by atoms with Gasteiger partial charge in [-0.1, -0.05) is 19.1 Å². The van der Waals surface area contributed by atoms with Crippen molar-refractivity contribution in [3.63, 3.8) is 0 Å². The molecule has 1 atom stereocenters. The van der Waals surface area contributed by atoms with Crippen LogP contribution >= 0.6 is 11.3 Å². The summed E-state index contributed by atoms with van der Waals surface area (Å²) < 4.78 is 15.3. The van der Waals surface area contributed by atoms with Crippen LogP contribution in [-0.2, 0) is 31.9 Å². The lowest BCUT2D eigenvalue weighted by atomic mass is 9.88. The number of fused-ring (bicyclic) bond motifs is 1. The molecule has 1 N–H and O–H groups in total. The summed E-state index contributed by atoms with van der Waals surface area (Å²) in [4.78, 5) is 38.0. The summed E-state index contributed by atoms with van der Waals surface area (Å²) in [6, 6.07) is 7.15. The van der Waals surface area contributed by atoms with E-state index in [0.717, 1.165) is 35.3 Å². The van der Waals surface area contributed by atoms with Gasteiger partial charge in [-0.15, -0.1) is 11.3 Å². The van der Waals surface area contributed by atoms with E-state index in [1.54, 1.807) is 44.4 Å². The highest BCUT2D eigenvalue weighted by Crippen LogP contribution is 2.40. The van der Waals surface area contributed by atoms with Gasteiger partial charge in [0.05, 0.1) is 19.3 Å². The molecule has 1 amide bonds. The van der Waals surface area contributed by atoms with E-state index in [9.17, 15) is 14.4 Å². The molecule has 1 aromatic heterocycles. The molecule has 0 fully saturated rings. The monoisotopic (exact) mass is 457 g/mol. The summed E-state index contributed by atoms with van der Waals surface area (Å²) in [6.07, 6.45) is 5.48. The molecular formula is C24H27NO6S. The van der Waals surface area contributed by atoms with Crippen LogP contribution in [0.3, 0.4) is 0 Å². The average Bonchev–Trinajstić information content (AvgIpc) is 3.13. The van der Waals surface area contributed by atoms with Crippen molar-refractivity contribution in [2.24, 2.45) is 5.92 Å². The Bertz CT molecular complexity index is 1010. The highest BCUT2D eigenvalue weighted by atomic mass is 32.1. The van der Waals surface area contributed by atoms with E-state index in [-0.39, 0.29) is 6.61 Å². The molecule has 0 aliphatic heterocycles. The van der Waals surface area contributed by atoms with Gasteiger partial charge in [0, 0.05) is 11.0 Å². The number of carbonyl (C=O) groups excluding carboxylic acids is 3. The van der Waals surface area contributed by atoms with Crippen molar-refractivity contribution in [1.29, 1.82) is 0 Å². The van der Waals surface area contributed by atoms with Gasteiger partial charge in [-0.2, -0.15) is 0 Å². The van der Waals surface area contributed by atoms with E-state index in [4.69, 9.17) is 14.2 Å². The maximum absolute atomic E-state index is 12.5. The molecule has 32 heavy (non-hydrogen) atoms. The van der Waals surface area contributed by atoms with Crippen molar-refractivity contribution in [2.75, 3.05) is 25.6 Å². The standard InChI is InChI=1S/C24H27NO6S/c1-4-30-24(28)22-18-11-5-15(2)13-19(18)32-23(22)25-20(26)14-31-21(27)12-8-16-6-9-17(29-3)10-7-16/h6-10,12,15H,4-5,11,13-14H2,1-3H3,(H,25,26). The summed E-state index contributed by atoms with van der Waals surface area (Å²) in [5, 5.41) is 3.18. The third-order valence-corrected chi connectivity index (χ3v) is 6.29. The molecule has 0 spiro atoms. The highest BCUT2D eigenvalue weighted by Gasteiger charge is 2.29. The zero-order valence-corrected chi connectivity index (χ0v) is 19.3. The number of methoxy groups -OCH3 is 1. The molecule has 1 aromatic carbocycles. The fraction of sp³-hybridized carbons (Fsp3) is 0.375. The Balaban J connectivity index is 1.61. The van der Waals surface area contributed by atoms with Crippen molar-refractivity contribution in [3.05, 3.63) is 51.9 Å². The van der Waals surface area contributed by atoms with Gasteiger partial charge >= 0.3 is 11.9 Å².